The topological polar surface area (TPSA) is 54.0 Å². The van der Waals surface area contributed by atoms with Crippen molar-refractivity contribution in [3.8, 4) is 0 Å². The van der Waals surface area contributed by atoms with E-state index < -0.39 is 17.4 Å². The van der Waals surface area contributed by atoms with Crippen molar-refractivity contribution in [2.24, 2.45) is 11.8 Å². The van der Waals surface area contributed by atoms with Gasteiger partial charge in [-0.3, -0.25) is 0 Å². The second-order valence-corrected chi connectivity index (χ2v) is 7.54. The number of methoxy groups -OCH3 is 3. The molecule has 0 heterocycles. The summed E-state index contributed by atoms with van der Waals surface area (Å²) in [5, 5.41) is 0. The van der Waals surface area contributed by atoms with E-state index in [1.807, 2.05) is 44.2 Å². The summed E-state index contributed by atoms with van der Waals surface area (Å²) in [5.41, 5.74) is 0.0220. The highest BCUT2D eigenvalue weighted by molar-refractivity contribution is 5.87. The molecule has 0 bridgehead atoms. The van der Waals surface area contributed by atoms with Gasteiger partial charge in [-0.2, -0.15) is 0 Å². The molecule has 0 saturated heterocycles. The number of esters is 1. The summed E-state index contributed by atoms with van der Waals surface area (Å²) in [7, 11) is 4.86. The predicted octanol–water partition coefficient (Wildman–Crippen LogP) is 4.07. The number of ether oxygens (including phenoxy) is 4. The minimum Gasteiger partial charge on any atom is -0.427 e. The van der Waals surface area contributed by atoms with E-state index in [0.29, 0.717) is 6.42 Å². The van der Waals surface area contributed by atoms with Crippen LogP contribution in [0.5, 0.6) is 0 Å². The SMILES string of the molecule is COC1CC(C)CC(OC)(OC(=O)/C=C/c2ccccc2)C1(OC)C(C)C. The van der Waals surface area contributed by atoms with Gasteiger partial charge >= 0.3 is 5.97 Å². The molecule has 27 heavy (non-hydrogen) atoms. The fourth-order valence-electron chi connectivity index (χ4n) is 4.42. The number of carbonyl (C=O) groups is 1. The molecule has 4 atom stereocenters. The molecule has 2 rings (SSSR count). The summed E-state index contributed by atoms with van der Waals surface area (Å²) in [6.07, 6.45) is 4.26. The Hall–Kier alpha value is -1.69. The number of hydrogen-bond donors (Lipinski definition) is 0. The van der Waals surface area contributed by atoms with E-state index >= 15 is 0 Å². The van der Waals surface area contributed by atoms with E-state index in [-0.39, 0.29) is 17.9 Å². The van der Waals surface area contributed by atoms with Crippen LogP contribution in [0.1, 0.15) is 39.2 Å². The van der Waals surface area contributed by atoms with Gasteiger partial charge in [-0.15, -0.1) is 0 Å². The first-order valence-electron chi connectivity index (χ1n) is 9.44. The highest BCUT2D eigenvalue weighted by Crippen LogP contribution is 2.50. The molecule has 0 N–H and O–H groups in total. The molecule has 1 fully saturated rings. The Morgan fingerprint density at radius 1 is 1.15 bits per heavy atom. The zero-order valence-corrected chi connectivity index (χ0v) is 17.2. The van der Waals surface area contributed by atoms with Gasteiger partial charge in [-0.05, 0) is 29.9 Å². The van der Waals surface area contributed by atoms with Gasteiger partial charge in [0.15, 0.2) is 5.60 Å². The van der Waals surface area contributed by atoms with Crippen LogP contribution in [0, 0.1) is 11.8 Å². The molecule has 4 unspecified atom stereocenters. The van der Waals surface area contributed by atoms with E-state index in [1.165, 1.54) is 6.08 Å². The molecule has 0 aliphatic heterocycles. The summed E-state index contributed by atoms with van der Waals surface area (Å²) in [6, 6.07) is 9.62. The van der Waals surface area contributed by atoms with Crippen molar-refractivity contribution in [3.63, 3.8) is 0 Å². The van der Waals surface area contributed by atoms with Crippen molar-refractivity contribution in [3.05, 3.63) is 42.0 Å². The molecule has 150 valence electrons. The third-order valence-corrected chi connectivity index (χ3v) is 5.59. The van der Waals surface area contributed by atoms with Gasteiger partial charge in [0.25, 0.3) is 0 Å². The number of benzene rings is 1. The minimum absolute atomic E-state index is 0.00537. The maximum Gasteiger partial charge on any atom is 0.333 e. The van der Waals surface area contributed by atoms with Crippen LogP contribution in [0.3, 0.4) is 0 Å². The lowest BCUT2D eigenvalue weighted by Crippen LogP contribution is -2.71. The third kappa shape index (κ3) is 4.10. The second kappa shape index (κ2) is 9.00. The summed E-state index contributed by atoms with van der Waals surface area (Å²) < 4.78 is 23.7. The Labute approximate surface area is 162 Å². The van der Waals surface area contributed by atoms with Crippen molar-refractivity contribution in [1.82, 2.24) is 0 Å². The molecular formula is C22H32O5. The van der Waals surface area contributed by atoms with Crippen molar-refractivity contribution >= 4 is 12.0 Å². The van der Waals surface area contributed by atoms with Crippen molar-refractivity contribution < 1.29 is 23.7 Å². The first kappa shape index (κ1) is 21.6. The predicted molar refractivity (Wildman–Crippen MR) is 105 cm³/mol. The standard InChI is InChI=1S/C22H32O5/c1-16(2)22(26-6)19(24-4)14-17(3)15-21(22,25-5)27-20(23)13-12-18-10-8-7-9-11-18/h7-13,16-17,19H,14-15H2,1-6H3/b13-12+. The Balaban J connectivity index is 2.37. The van der Waals surface area contributed by atoms with Gasteiger partial charge in [0.2, 0.25) is 5.79 Å². The molecule has 0 radical (unpaired) electrons. The maximum atomic E-state index is 12.7. The lowest BCUT2D eigenvalue weighted by Gasteiger charge is -2.56. The quantitative estimate of drug-likeness (QED) is 0.408. The monoisotopic (exact) mass is 376 g/mol. The van der Waals surface area contributed by atoms with E-state index in [4.69, 9.17) is 18.9 Å². The molecule has 0 aromatic heterocycles. The highest BCUT2D eigenvalue weighted by atomic mass is 16.7. The van der Waals surface area contributed by atoms with Gasteiger partial charge < -0.3 is 18.9 Å². The van der Waals surface area contributed by atoms with Crippen LogP contribution in [0.25, 0.3) is 6.08 Å². The van der Waals surface area contributed by atoms with E-state index in [2.05, 4.69) is 6.92 Å². The van der Waals surface area contributed by atoms with Crippen LogP contribution >= 0.6 is 0 Å². The Morgan fingerprint density at radius 3 is 2.33 bits per heavy atom. The lowest BCUT2D eigenvalue weighted by molar-refractivity contribution is -0.358. The number of carbonyl (C=O) groups excluding carboxylic acids is 1. The van der Waals surface area contributed by atoms with Crippen LogP contribution in [-0.4, -0.2) is 44.8 Å². The van der Waals surface area contributed by atoms with Gasteiger partial charge in [0.1, 0.15) is 0 Å². The Morgan fingerprint density at radius 2 is 1.81 bits per heavy atom. The molecule has 5 heteroatoms. The summed E-state index contributed by atoms with van der Waals surface area (Å²) in [6.45, 7) is 6.17. The molecule has 1 aliphatic carbocycles. The maximum absolute atomic E-state index is 12.7. The molecule has 1 aromatic carbocycles. The fourth-order valence-corrected chi connectivity index (χ4v) is 4.42. The zero-order valence-electron chi connectivity index (χ0n) is 17.2. The van der Waals surface area contributed by atoms with E-state index in [9.17, 15) is 4.79 Å². The number of rotatable bonds is 7. The average molecular weight is 376 g/mol. The molecule has 0 spiro atoms. The Bertz CT molecular complexity index is 641. The highest BCUT2D eigenvalue weighted by Gasteiger charge is 2.65. The fraction of sp³-hybridized carbons (Fsp3) is 0.591. The lowest BCUT2D eigenvalue weighted by atomic mass is 9.66. The largest absolute Gasteiger partial charge is 0.427 e. The normalized spacial score (nSPS) is 31.4. The van der Waals surface area contributed by atoms with Gasteiger partial charge in [-0.1, -0.05) is 51.1 Å². The van der Waals surface area contributed by atoms with Crippen LogP contribution in [0.15, 0.2) is 36.4 Å². The van der Waals surface area contributed by atoms with Crippen molar-refractivity contribution in [2.75, 3.05) is 21.3 Å². The van der Waals surface area contributed by atoms with Crippen LogP contribution in [0.2, 0.25) is 0 Å². The minimum atomic E-state index is -1.23. The van der Waals surface area contributed by atoms with Crippen LogP contribution in [0.4, 0.5) is 0 Å². The van der Waals surface area contributed by atoms with E-state index in [1.54, 1.807) is 27.4 Å². The Kier molecular flexibility index (Phi) is 7.20. The van der Waals surface area contributed by atoms with Gasteiger partial charge in [0, 0.05) is 33.8 Å². The van der Waals surface area contributed by atoms with Crippen LogP contribution < -0.4 is 0 Å². The summed E-state index contributed by atoms with van der Waals surface area (Å²) in [5.74, 6) is -1.44. The third-order valence-electron chi connectivity index (χ3n) is 5.59. The molecular weight excluding hydrogens is 344 g/mol. The molecule has 0 amide bonds. The van der Waals surface area contributed by atoms with Gasteiger partial charge in [0.05, 0.1) is 6.10 Å². The molecule has 5 nitrogen and oxygen atoms in total. The first-order chi connectivity index (χ1) is 12.8. The summed E-state index contributed by atoms with van der Waals surface area (Å²) in [4.78, 5) is 12.7. The zero-order chi connectivity index (χ0) is 20.1. The van der Waals surface area contributed by atoms with E-state index in [0.717, 1.165) is 12.0 Å². The first-order valence-corrected chi connectivity index (χ1v) is 9.44. The van der Waals surface area contributed by atoms with Gasteiger partial charge in [-0.25, -0.2) is 4.79 Å². The average Bonchev–Trinajstić information content (AvgIpc) is 2.66. The smallest absolute Gasteiger partial charge is 0.333 e. The second-order valence-electron chi connectivity index (χ2n) is 7.54. The number of hydrogen-bond acceptors (Lipinski definition) is 5. The molecule has 1 saturated carbocycles. The molecule has 1 aromatic rings. The van der Waals surface area contributed by atoms with Crippen molar-refractivity contribution in [2.45, 2.75) is 51.1 Å². The van der Waals surface area contributed by atoms with Crippen molar-refractivity contribution in [1.29, 1.82) is 0 Å². The molecule has 1 aliphatic rings. The van der Waals surface area contributed by atoms with Crippen LogP contribution in [-0.2, 0) is 23.7 Å². The summed E-state index contributed by atoms with van der Waals surface area (Å²) >= 11 is 0.